The van der Waals surface area contributed by atoms with Gasteiger partial charge >= 0.3 is 6.09 Å². The summed E-state index contributed by atoms with van der Waals surface area (Å²) in [4.78, 5) is 14.8. The topological polar surface area (TPSA) is 85.4 Å². The van der Waals surface area contributed by atoms with Gasteiger partial charge in [0.25, 0.3) is 0 Å². The number of hydrogen-bond acceptors (Lipinski definition) is 5. The van der Waals surface area contributed by atoms with E-state index in [0.29, 0.717) is 25.5 Å². The molecule has 106 valence electrons. The molecule has 2 rings (SSSR count). The summed E-state index contributed by atoms with van der Waals surface area (Å²) < 4.78 is 0. The summed E-state index contributed by atoms with van der Waals surface area (Å²) in [5.41, 5.74) is 5.48. The summed E-state index contributed by atoms with van der Waals surface area (Å²) in [6.07, 6.45) is -1.04. The van der Waals surface area contributed by atoms with E-state index >= 15 is 0 Å². The van der Waals surface area contributed by atoms with Crippen molar-refractivity contribution in [1.82, 2.24) is 14.8 Å². The molecular formula is C11H19N5O2S. The molecule has 19 heavy (non-hydrogen) atoms. The first-order chi connectivity index (χ1) is 8.71. The molecule has 3 N–H and O–H groups in total. The molecule has 0 aliphatic carbocycles. The van der Waals surface area contributed by atoms with Crippen molar-refractivity contribution in [2.75, 3.05) is 19.6 Å². The first-order valence-corrected chi connectivity index (χ1v) is 6.55. The van der Waals surface area contributed by atoms with E-state index in [9.17, 15) is 4.79 Å². The Hall–Kier alpha value is -1.57. The largest absolute Gasteiger partial charge is 0.465 e. The van der Waals surface area contributed by atoms with Crippen LogP contribution in [0.1, 0.15) is 20.8 Å². The number of nitrogens with zero attached hydrogens (tertiary/aromatic N) is 4. The third-order valence-corrected chi connectivity index (χ3v) is 3.47. The standard InChI is InChI=1S/C11H19N5O2S/c1-11(2,3)16-7-6-14(10(17)18)4-5-15(7)9(13-16)8(12)19/h7H,4-6H2,1-3H3,(H2,12,19)(H,17,18). The molecular weight excluding hydrogens is 266 g/mol. The molecule has 1 saturated heterocycles. The first kappa shape index (κ1) is 13.9. The highest BCUT2D eigenvalue weighted by molar-refractivity contribution is 7.82. The Kier molecular flexibility index (Phi) is 3.29. The number of nitrogens with two attached hydrogens (primary N) is 1. The van der Waals surface area contributed by atoms with E-state index in [0.717, 1.165) is 0 Å². The lowest BCUT2D eigenvalue weighted by Crippen LogP contribution is -2.61. The maximum atomic E-state index is 11.1. The Bertz CT molecular complexity index is 445. The van der Waals surface area contributed by atoms with E-state index in [1.807, 2.05) is 30.7 Å². The molecule has 1 unspecified atom stereocenters. The summed E-state index contributed by atoms with van der Waals surface area (Å²) in [6.45, 7) is 7.44. The number of carbonyl (C=O) groups is 1. The molecule has 1 atom stereocenters. The predicted molar refractivity (Wildman–Crippen MR) is 75.9 cm³/mol. The van der Waals surface area contributed by atoms with Gasteiger partial charge in [0, 0.05) is 13.1 Å². The van der Waals surface area contributed by atoms with Crippen LogP contribution >= 0.6 is 12.2 Å². The molecule has 0 saturated carbocycles. The Morgan fingerprint density at radius 3 is 2.58 bits per heavy atom. The molecule has 8 heteroatoms. The SMILES string of the molecule is CC(C)(C)N1N=C(C(N)=S)N2CCN(C(=O)O)CC21. The summed E-state index contributed by atoms with van der Waals surface area (Å²) in [5, 5.41) is 15.5. The lowest BCUT2D eigenvalue weighted by molar-refractivity contribution is -0.00121. The van der Waals surface area contributed by atoms with Gasteiger partial charge in [0.15, 0.2) is 5.84 Å². The minimum absolute atomic E-state index is 0.138. The van der Waals surface area contributed by atoms with E-state index in [4.69, 9.17) is 23.1 Å². The van der Waals surface area contributed by atoms with Crippen molar-refractivity contribution in [3.63, 3.8) is 0 Å². The summed E-state index contributed by atoms with van der Waals surface area (Å²) in [7, 11) is 0. The fourth-order valence-corrected chi connectivity index (χ4v) is 2.57. The minimum atomic E-state index is -0.905. The van der Waals surface area contributed by atoms with Crippen LogP contribution in [-0.4, -0.2) is 68.2 Å². The Labute approximate surface area is 117 Å². The Morgan fingerprint density at radius 2 is 2.11 bits per heavy atom. The third-order valence-electron chi connectivity index (χ3n) is 3.29. The van der Waals surface area contributed by atoms with Crippen LogP contribution in [0.15, 0.2) is 5.10 Å². The van der Waals surface area contributed by atoms with Crippen molar-refractivity contribution < 1.29 is 9.90 Å². The van der Waals surface area contributed by atoms with Gasteiger partial charge in [-0.15, -0.1) is 0 Å². The molecule has 0 radical (unpaired) electrons. The molecule has 2 heterocycles. The fourth-order valence-electron chi connectivity index (χ4n) is 2.41. The van der Waals surface area contributed by atoms with Gasteiger partial charge in [-0.1, -0.05) is 12.2 Å². The number of piperazine rings is 1. The van der Waals surface area contributed by atoms with E-state index in [-0.39, 0.29) is 16.7 Å². The van der Waals surface area contributed by atoms with Crippen molar-refractivity contribution in [3.05, 3.63) is 0 Å². The van der Waals surface area contributed by atoms with Gasteiger partial charge < -0.3 is 20.6 Å². The number of carboxylic acid groups (broad SMARTS) is 1. The van der Waals surface area contributed by atoms with Crippen molar-refractivity contribution in [3.8, 4) is 0 Å². The number of hydrogen-bond donors (Lipinski definition) is 2. The van der Waals surface area contributed by atoms with Crippen LogP contribution in [0.3, 0.4) is 0 Å². The molecule has 0 aromatic carbocycles. The number of amidine groups is 1. The molecule has 0 aromatic rings. The lowest BCUT2D eigenvalue weighted by atomic mass is 10.1. The van der Waals surface area contributed by atoms with E-state index in [1.54, 1.807) is 0 Å². The van der Waals surface area contributed by atoms with Crippen molar-refractivity contribution >= 4 is 29.1 Å². The zero-order valence-corrected chi connectivity index (χ0v) is 12.1. The van der Waals surface area contributed by atoms with Gasteiger partial charge in [0.05, 0.1) is 12.1 Å². The quantitative estimate of drug-likeness (QED) is 0.675. The third kappa shape index (κ3) is 2.44. The lowest BCUT2D eigenvalue weighted by Gasteiger charge is -2.43. The zero-order chi connectivity index (χ0) is 14.4. The van der Waals surface area contributed by atoms with Crippen LogP contribution in [0.5, 0.6) is 0 Å². The smallest absolute Gasteiger partial charge is 0.407 e. The van der Waals surface area contributed by atoms with E-state index < -0.39 is 6.09 Å². The molecule has 1 amide bonds. The van der Waals surface area contributed by atoms with Crippen LogP contribution in [0.4, 0.5) is 4.79 Å². The summed E-state index contributed by atoms with van der Waals surface area (Å²) in [6, 6.07) is 0. The van der Waals surface area contributed by atoms with E-state index in [1.165, 1.54) is 4.90 Å². The van der Waals surface area contributed by atoms with E-state index in [2.05, 4.69) is 5.10 Å². The summed E-state index contributed by atoms with van der Waals surface area (Å²) >= 11 is 5.03. The normalized spacial score (nSPS) is 23.2. The van der Waals surface area contributed by atoms with Crippen molar-refractivity contribution in [2.24, 2.45) is 10.8 Å². The second-order valence-electron chi connectivity index (χ2n) is 5.71. The van der Waals surface area contributed by atoms with Gasteiger partial charge in [-0.25, -0.2) is 4.79 Å². The fraction of sp³-hybridized carbons (Fsp3) is 0.727. The van der Waals surface area contributed by atoms with Crippen molar-refractivity contribution in [1.29, 1.82) is 0 Å². The average molecular weight is 285 g/mol. The number of thiocarbonyl (C=S) groups is 1. The number of hydrazone groups is 1. The second-order valence-corrected chi connectivity index (χ2v) is 6.15. The molecule has 0 spiro atoms. The molecule has 1 fully saturated rings. The van der Waals surface area contributed by atoms with Gasteiger partial charge in [-0.2, -0.15) is 5.10 Å². The number of rotatable bonds is 1. The Balaban J connectivity index is 2.29. The average Bonchev–Trinajstić information content (AvgIpc) is 2.66. The Morgan fingerprint density at radius 1 is 1.47 bits per heavy atom. The maximum absolute atomic E-state index is 11.1. The van der Waals surface area contributed by atoms with Crippen LogP contribution in [0.2, 0.25) is 0 Å². The minimum Gasteiger partial charge on any atom is -0.465 e. The number of fused-ring (bicyclic) bond motifs is 1. The zero-order valence-electron chi connectivity index (χ0n) is 11.3. The predicted octanol–water partition coefficient (Wildman–Crippen LogP) is 0.322. The summed E-state index contributed by atoms with van der Waals surface area (Å²) in [5.74, 6) is 0.583. The molecule has 0 bridgehead atoms. The highest BCUT2D eigenvalue weighted by Crippen LogP contribution is 2.28. The molecule has 7 nitrogen and oxygen atoms in total. The van der Waals surface area contributed by atoms with Gasteiger partial charge in [0.1, 0.15) is 11.2 Å². The second kappa shape index (κ2) is 4.52. The number of amides is 1. The highest BCUT2D eigenvalue weighted by atomic mass is 32.1. The van der Waals surface area contributed by atoms with Crippen LogP contribution in [0, 0.1) is 0 Å². The van der Waals surface area contributed by atoms with Gasteiger partial charge in [0.2, 0.25) is 0 Å². The molecule has 2 aliphatic heterocycles. The molecule has 0 aromatic heterocycles. The van der Waals surface area contributed by atoms with Gasteiger partial charge in [-0.3, -0.25) is 5.01 Å². The monoisotopic (exact) mass is 285 g/mol. The van der Waals surface area contributed by atoms with Crippen molar-refractivity contribution in [2.45, 2.75) is 32.5 Å². The first-order valence-electron chi connectivity index (χ1n) is 6.14. The van der Waals surface area contributed by atoms with Crippen LogP contribution in [-0.2, 0) is 0 Å². The maximum Gasteiger partial charge on any atom is 0.407 e. The highest BCUT2D eigenvalue weighted by Gasteiger charge is 2.44. The van der Waals surface area contributed by atoms with Crippen LogP contribution < -0.4 is 5.73 Å². The molecule has 2 aliphatic rings. The van der Waals surface area contributed by atoms with Gasteiger partial charge in [-0.05, 0) is 20.8 Å². The van der Waals surface area contributed by atoms with Crippen LogP contribution in [0.25, 0.3) is 0 Å².